The molecule has 12 nitrogen and oxygen atoms in total. The summed E-state index contributed by atoms with van der Waals surface area (Å²) in [7, 11) is 1.74. The highest BCUT2D eigenvalue weighted by Crippen LogP contribution is 2.40. The molecule has 0 bridgehead atoms. The van der Waals surface area contributed by atoms with Crippen molar-refractivity contribution in [1.82, 2.24) is 20.1 Å². The minimum Gasteiger partial charge on any atom is -0.506 e. The van der Waals surface area contributed by atoms with Gasteiger partial charge < -0.3 is 34.9 Å². The van der Waals surface area contributed by atoms with E-state index in [4.69, 9.17) is 9.47 Å². The molecule has 2 fully saturated rings. The van der Waals surface area contributed by atoms with E-state index in [9.17, 15) is 24.6 Å². The van der Waals surface area contributed by atoms with Crippen molar-refractivity contribution >= 4 is 28.6 Å². The molecule has 5 N–H and O–H groups in total. The van der Waals surface area contributed by atoms with Gasteiger partial charge in [-0.25, -0.2) is 4.79 Å². The maximum atomic E-state index is 12.9. The molecule has 1 saturated heterocycles. The number of pyridine rings is 1. The van der Waals surface area contributed by atoms with Crippen molar-refractivity contribution in [2.45, 2.75) is 38.0 Å². The number of aliphatic hydroxyl groups is 1. The van der Waals surface area contributed by atoms with Crippen molar-refractivity contribution in [2.75, 3.05) is 51.7 Å². The zero-order valence-corrected chi connectivity index (χ0v) is 31.5. The van der Waals surface area contributed by atoms with E-state index >= 15 is 0 Å². The molecule has 1 aliphatic heterocycles. The Kier molecular flexibility index (Phi) is 12.3. The quantitative estimate of drug-likeness (QED) is 0.0820. The van der Waals surface area contributed by atoms with Gasteiger partial charge in [-0.3, -0.25) is 19.8 Å². The summed E-state index contributed by atoms with van der Waals surface area (Å²) < 4.78 is 11.9. The predicted molar refractivity (Wildman–Crippen MR) is 216 cm³/mol. The standard InChI is InChI=1S/C44H49N5O7/c1-48(20-19-45-25-40(51)36-14-16-39(50)43-37(36)15-17-41(52)47-43)42(53)18-21-55-33-11-7-8-29(22-33)26-49-27-31-23-34(24-32(31)28-49)56-44(54)46-38-13-6-5-12-35(38)30-9-3-2-4-10-30/h2-17,22,31-32,34,40,45,50-51H,18-21,23-28H2,1H3,(H,46,54)(H,47,52)/t31-,32+,34+,40-/m0/s1. The zero-order chi connectivity index (χ0) is 39.0. The maximum Gasteiger partial charge on any atom is 0.411 e. The first kappa shape index (κ1) is 38.6. The van der Waals surface area contributed by atoms with Gasteiger partial charge in [-0.15, -0.1) is 0 Å². The molecule has 2 heterocycles. The Hall–Kier alpha value is -5.69. The summed E-state index contributed by atoms with van der Waals surface area (Å²) in [5, 5.41) is 27.6. The summed E-state index contributed by atoms with van der Waals surface area (Å²) in [5.74, 6) is 1.60. The number of ether oxygens (including phenoxy) is 2. The fraction of sp³-hybridized carbons (Fsp3) is 0.341. The third kappa shape index (κ3) is 9.57. The van der Waals surface area contributed by atoms with Crippen LogP contribution in [-0.4, -0.2) is 89.5 Å². The van der Waals surface area contributed by atoms with Gasteiger partial charge in [-0.2, -0.15) is 0 Å². The highest BCUT2D eigenvalue weighted by molar-refractivity contribution is 5.91. The van der Waals surface area contributed by atoms with Gasteiger partial charge in [0.25, 0.3) is 0 Å². The Morgan fingerprint density at radius 3 is 2.52 bits per heavy atom. The van der Waals surface area contributed by atoms with Gasteiger partial charge >= 0.3 is 6.09 Å². The third-order valence-corrected chi connectivity index (χ3v) is 10.8. The first-order valence-electron chi connectivity index (χ1n) is 19.2. The largest absolute Gasteiger partial charge is 0.506 e. The van der Waals surface area contributed by atoms with E-state index in [1.54, 1.807) is 24.1 Å². The average molecular weight is 760 g/mol. The minimum absolute atomic E-state index is 0.0441. The van der Waals surface area contributed by atoms with Crippen molar-refractivity contribution in [2.24, 2.45) is 11.8 Å². The van der Waals surface area contributed by atoms with Crippen LogP contribution in [0.3, 0.4) is 0 Å². The molecule has 1 saturated carbocycles. The number of hydrogen-bond acceptors (Lipinski definition) is 9. The van der Waals surface area contributed by atoms with Crippen LogP contribution in [0.2, 0.25) is 0 Å². The smallest absolute Gasteiger partial charge is 0.411 e. The second-order valence-electron chi connectivity index (χ2n) is 14.8. The summed E-state index contributed by atoms with van der Waals surface area (Å²) in [6, 6.07) is 31.8. The van der Waals surface area contributed by atoms with Crippen molar-refractivity contribution in [3.63, 3.8) is 0 Å². The number of rotatable bonds is 15. The Morgan fingerprint density at radius 2 is 1.71 bits per heavy atom. The number of amides is 2. The molecule has 0 unspecified atom stereocenters. The number of phenolic OH excluding ortho intramolecular Hbond substituents is 1. The molecular weight excluding hydrogens is 711 g/mol. The van der Waals surface area contributed by atoms with Crippen LogP contribution in [0, 0.1) is 11.8 Å². The van der Waals surface area contributed by atoms with Gasteiger partial charge in [0.05, 0.1) is 30.3 Å². The molecule has 292 valence electrons. The van der Waals surface area contributed by atoms with E-state index in [1.165, 1.54) is 12.1 Å². The summed E-state index contributed by atoms with van der Waals surface area (Å²) in [6.45, 7) is 4.13. The molecule has 56 heavy (non-hydrogen) atoms. The number of nitrogens with one attached hydrogen (secondary N) is 3. The van der Waals surface area contributed by atoms with Gasteiger partial charge in [-0.05, 0) is 71.7 Å². The van der Waals surface area contributed by atoms with Crippen LogP contribution in [-0.2, 0) is 16.1 Å². The molecule has 4 atom stereocenters. The molecule has 5 aromatic rings. The van der Waals surface area contributed by atoms with Crippen LogP contribution in [0.1, 0.15) is 36.5 Å². The number of aliphatic hydroxyl groups excluding tert-OH is 1. The summed E-state index contributed by atoms with van der Waals surface area (Å²) in [4.78, 5) is 44.1. The molecule has 7 rings (SSSR count). The zero-order valence-electron chi connectivity index (χ0n) is 31.5. The highest BCUT2D eigenvalue weighted by Gasteiger charge is 2.42. The lowest BCUT2D eigenvalue weighted by molar-refractivity contribution is -0.130. The number of likely N-dealkylation sites (N-methyl/N-ethyl adjacent to an activating group) is 1. The number of anilines is 1. The summed E-state index contributed by atoms with van der Waals surface area (Å²) in [5.41, 5.74) is 4.41. The molecule has 2 aliphatic rings. The number of carbonyl (C=O) groups is 2. The number of aromatic hydroxyl groups is 1. The minimum atomic E-state index is -0.874. The second kappa shape index (κ2) is 17.8. The van der Waals surface area contributed by atoms with Crippen LogP contribution >= 0.6 is 0 Å². The van der Waals surface area contributed by atoms with Gasteiger partial charge in [0.15, 0.2) is 0 Å². The van der Waals surface area contributed by atoms with Crippen molar-refractivity contribution < 1.29 is 29.3 Å². The third-order valence-electron chi connectivity index (χ3n) is 10.8. The van der Waals surface area contributed by atoms with E-state index in [-0.39, 0.29) is 48.4 Å². The lowest BCUT2D eigenvalue weighted by Gasteiger charge is -2.20. The van der Waals surface area contributed by atoms with Crippen molar-refractivity contribution in [3.8, 4) is 22.6 Å². The number of nitrogens with zero attached hydrogens (tertiary/aromatic N) is 2. The number of aromatic nitrogens is 1. The SMILES string of the molecule is CN(CCNC[C@H](O)c1ccc(O)c2[nH]c(=O)ccc12)C(=O)CCOc1cccc(CN2C[C@H]3C[C@H](OC(=O)Nc4ccccc4-c4ccccc4)C[C@H]3C2)c1. The van der Waals surface area contributed by atoms with E-state index in [0.717, 1.165) is 60.6 Å². The highest BCUT2D eigenvalue weighted by atomic mass is 16.6. The van der Waals surface area contributed by atoms with Crippen molar-refractivity contribution in [3.05, 3.63) is 125 Å². The molecule has 0 spiro atoms. The fourth-order valence-corrected chi connectivity index (χ4v) is 8.03. The Balaban J connectivity index is 0.793. The average Bonchev–Trinajstić information content (AvgIpc) is 3.75. The monoisotopic (exact) mass is 759 g/mol. The normalized spacial score (nSPS) is 18.4. The van der Waals surface area contributed by atoms with Crippen LogP contribution in [0.4, 0.5) is 10.5 Å². The predicted octanol–water partition coefficient (Wildman–Crippen LogP) is 5.91. The fourth-order valence-electron chi connectivity index (χ4n) is 8.03. The summed E-state index contributed by atoms with van der Waals surface area (Å²) in [6.07, 6.45) is 0.580. The summed E-state index contributed by atoms with van der Waals surface area (Å²) >= 11 is 0. The number of likely N-dealkylation sites (tertiary alicyclic amines) is 1. The Bertz CT molecular complexity index is 2180. The van der Waals surface area contributed by atoms with Crippen LogP contribution in [0.15, 0.2) is 108 Å². The number of H-pyrrole nitrogens is 1. The molecule has 0 radical (unpaired) electrons. The number of benzene rings is 4. The maximum absolute atomic E-state index is 12.9. The molecule has 2 amide bonds. The van der Waals surface area contributed by atoms with Crippen LogP contribution in [0.5, 0.6) is 11.5 Å². The van der Waals surface area contributed by atoms with Gasteiger partial charge in [-0.1, -0.05) is 66.7 Å². The lowest BCUT2D eigenvalue weighted by atomic mass is 10.0. The van der Waals surface area contributed by atoms with Gasteiger partial charge in [0, 0.05) is 63.3 Å². The molecule has 4 aromatic carbocycles. The van der Waals surface area contributed by atoms with E-state index < -0.39 is 12.2 Å². The van der Waals surface area contributed by atoms with Gasteiger partial charge in [0.1, 0.15) is 17.6 Å². The van der Waals surface area contributed by atoms with E-state index in [0.29, 0.717) is 35.9 Å². The Morgan fingerprint density at radius 1 is 0.946 bits per heavy atom. The number of phenols is 1. The topological polar surface area (TPSA) is 156 Å². The van der Waals surface area contributed by atoms with E-state index in [1.807, 2.05) is 72.8 Å². The molecule has 1 aliphatic carbocycles. The number of aromatic amines is 1. The number of hydrogen-bond donors (Lipinski definition) is 5. The van der Waals surface area contributed by atoms with Gasteiger partial charge in [0.2, 0.25) is 11.5 Å². The lowest BCUT2D eigenvalue weighted by Crippen LogP contribution is -2.35. The molecular formula is C44H49N5O7. The molecule has 12 heteroatoms. The van der Waals surface area contributed by atoms with Crippen LogP contribution in [0.25, 0.3) is 22.0 Å². The Labute approximate surface area is 326 Å². The number of fused-ring (bicyclic) bond motifs is 2. The van der Waals surface area contributed by atoms with E-state index in [2.05, 4.69) is 26.6 Å². The molecule has 1 aromatic heterocycles. The van der Waals surface area contributed by atoms with Crippen LogP contribution < -0.4 is 20.9 Å². The first-order chi connectivity index (χ1) is 27.2. The second-order valence-corrected chi connectivity index (χ2v) is 14.8. The first-order valence-corrected chi connectivity index (χ1v) is 19.2. The van der Waals surface area contributed by atoms with Crippen molar-refractivity contribution in [1.29, 1.82) is 0 Å². The number of carbonyl (C=O) groups excluding carboxylic acids is 2. The number of para-hydroxylation sites is 1.